The molecule has 1 saturated carbocycles. The third-order valence-electron chi connectivity index (χ3n) is 2.60. The molecule has 0 spiro atoms. The molecular formula is C11H15NO2S. The number of rotatable bonds is 5. The van der Waals surface area contributed by atoms with Crippen molar-refractivity contribution in [2.75, 3.05) is 6.54 Å². The minimum atomic E-state index is -0.780. The van der Waals surface area contributed by atoms with Gasteiger partial charge in [0.1, 0.15) is 6.04 Å². The predicted octanol–water partition coefficient (Wildman–Crippen LogP) is 2.18. The molecule has 0 saturated heterocycles. The molecule has 0 radical (unpaired) electrons. The number of aryl methyl sites for hydroxylation is 1. The number of thiophene rings is 1. The van der Waals surface area contributed by atoms with Crippen molar-refractivity contribution < 1.29 is 9.90 Å². The number of aliphatic carboxylic acids is 1. The van der Waals surface area contributed by atoms with Crippen LogP contribution < -0.4 is 5.32 Å². The van der Waals surface area contributed by atoms with Crippen LogP contribution in [0, 0.1) is 12.8 Å². The highest BCUT2D eigenvalue weighted by atomic mass is 32.1. The second-order valence-electron chi connectivity index (χ2n) is 4.07. The number of carbonyl (C=O) groups is 1. The van der Waals surface area contributed by atoms with Gasteiger partial charge in [-0.2, -0.15) is 0 Å². The number of hydrogen-bond acceptors (Lipinski definition) is 3. The van der Waals surface area contributed by atoms with Crippen molar-refractivity contribution in [2.45, 2.75) is 25.8 Å². The molecule has 1 fully saturated rings. The molecule has 0 aromatic carbocycles. The van der Waals surface area contributed by atoms with Gasteiger partial charge in [0.15, 0.2) is 0 Å². The molecule has 15 heavy (non-hydrogen) atoms. The lowest BCUT2D eigenvalue weighted by atomic mass is 10.2. The van der Waals surface area contributed by atoms with Gasteiger partial charge in [0.25, 0.3) is 0 Å². The van der Waals surface area contributed by atoms with E-state index in [0.29, 0.717) is 5.92 Å². The third kappa shape index (κ3) is 2.79. The van der Waals surface area contributed by atoms with Crippen LogP contribution in [0.5, 0.6) is 0 Å². The van der Waals surface area contributed by atoms with Crippen LogP contribution in [0.15, 0.2) is 12.1 Å². The van der Waals surface area contributed by atoms with Gasteiger partial charge in [0, 0.05) is 9.75 Å². The van der Waals surface area contributed by atoms with Crippen LogP contribution in [0.25, 0.3) is 0 Å². The summed E-state index contributed by atoms with van der Waals surface area (Å²) in [5, 5.41) is 12.2. The highest BCUT2D eigenvalue weighted by molar-refractivity contribution is 7.12. The van der Waals surface area contributed by atoms with Gasteiger partial charge in [-0.3, -0.25) is 10.1 Å². The van der Waals surface area contributed by atoms with Crippen molar-refractivity contribution in [3.8, 4) is 0 Å². The van der Waals surface area contributed by atoms with E-state index in [1.807, 2.05) is 19.1 Å². The minimum absolute atomic E-state index is 0.524. The Morgan fingerprint density at radius 2 is 2.40 bits per heavy atom. The molecule has 1 aliphatic carbocycles. The molecule has 82 valence electrons. The van der Waals surface area contributed by atoms with Crippen molar-refractivity contribution in [3.63, 3.8) is 0 Å². The molecule has 4 heteroatoms. The van der Waals surface area contributed by atoms with Crippen molar-refractivity contribution in [3.05, 3.63) is 21.9 Å². The first kappa shape index (κ1) is 10.6. The topological polar surface area (TPSA) is 49.3 Å². The molecule has 0 aliphatic heterocycles. The zero-order valence-electron chi connectivity index (χ0n) is 8.69. The molecule has 1 aliphatic rings. The van der Waals surface area contributed by atoms with Crippen LogP contribution in [-0.2, 0) is 4.79 Å². The summed E-state index contributed by atoms with van der Waals surface area (Å²) in [5.41, 5.74) is 0. The van der Waals surface area contributed by atoms with E-state index in [4.69, 9.17) is 5.11 Å². The molecule has 1 atom stereocenters. The fourth-order valence-corrected chi connectivity index (χ4v) is 2.47. The first-order valence-electron chi connectivity index (χ1n) is 5.19. The summed E-state index contributed by atoms with van der Waals surface area (Å²) in [6.45, 7) is 2.82. The Bertz CT molecular complexity index is 357. The van der Waals surface area contributed by atoms with Gasteiger partial charge in [0.2, 0.25) is 0 Å². The van der Waals surface area contributed by atoms with E-state index in [9.17, 15) is 4.79 Å². The molecular weight excluding hydrogens is 210 g/mol. The molecule has 1 heterocycles. The Balaban J connectivity index is 2.01. The van der Waals surface area contributed by atoms with Crippen LogP contribution in [0.1, 0.15) is 28.6 Å². The minimum Gasteiger partial charge on any atom is -0.480 e. The van der Waals surface area contributed by atoms with Crippen molar-refractivity contribution >= 4 is 17.3 Å². The summed E-state index contributed by atoms with van der Waals surface area (Å²) >= 11 is 1.55. The molecule has 0 amide bonds. The maximum Gasteiger partial charge on any atom is 0.326 e. The monoisotopic (exact) mass is 225 g/mol. The van der Waals surface area contributed by atoms with Crippen LogP contribution >= 0.6 is 11.3 Å². The van der Waals surface area contributed by atoms with Gasteiger partial charge in [-0.25, -0.2) is 0 Å². The molecule has 2 rings (SSSR count). The molecule has 0 bridgehead atoms. The van der Waals surface area contributed by atoms with Crippen LogP contribution in [0.4, 0.5) is 0 Å². The van der Waals surface area contributed by atoms with E-state index < -0.39 is 12.0 Å². The maximum atomic E-state index is 11.1. The Morgan fingerprint density at radius 1 is 1.67 bits per heavy atom. The Labute approximate surface area is 93.1 Å². The van der Waals surface area contributed by atoms with Crippen LogP contribution in [0.2, 0.25) is 0 Å². The smallest absolute Gasteiger partial charge is 0.326 e. The molecule has 2 N–H and O–H groups in total. The van der Waals surface area contributed by atoms with Crippen molar-refractivity contribution in [1.29, 1.82) is 0 Å². The first-order valence-corrected chi connectivity index (χ1v) is 6.01. The molecule has 1 aromatic rings. The second kappa shape index (κ2) is 4.33. The van der Waals surface area contributed by atoms with E-state index in [-0.39, 0.29) is 0 Å². The number of nitrogens with one attached hydrogen (secondary N) is 1. The average molecular weight is 225 g/mol. The summed E-state index contributed by atoms with van der Waals surface area (Å²) in [4.78, 5) is 13.1. The lowest BCUT2D eigenvalue weighted by Crippen LogP contribution is -2.29. The summed E-state index contributed by atoms with van der Waals surface area (Å²) in [7, 11) is 0. The zero-order chi connectivity index (χ0) is 10.8. The average Bonchev–Trinajstić information content (AvgIpc) is 2.89. The SMILES string of the molecule is Cc1ccc(C(NCC2CC2)C(=O)O)s1. The predicted molar refractivity (Wildman–Crippen MR) is 60.2 cm³/mol. The van der Waals surface area contributed by atoms with E-state index >= 15 is 0 Å². The van der Waals surface area contributed by atoms with Crippen molar-refractivity contribution in [2.24, 2.45) is 5.92 Å². The summed E-state index contributed by atoms with van der Waals surface area (Å²) < 4.78 is 0. The Morgan fingerprint density at radius 3 is 2.87 bits per heavy atom. The summed E-state index contributed by atoms with van der Waals surface area (Å²) in [6, 6.07) is 3.34. The second-order valence-corrected chi connectivity index (χ2v) is 5.39. The van der Waals surface area contributed by atoms with Gasteiger partial charge in [-0.15, -0.1) is 11.3 Å². The summed E-state index contributed by atoms with van der Waals surface area (Å²) in [5.74, 6) is -0.0783. The Kier molecular flexibility index (Phi) is 3.07. The van der Waals surface area contributed by atoms with Gasteiger partial charge < -0.3 is 5.11 Å². The molecule has 1 unspecified atom stereocenters. The fraction of sp³-hybridized carbons (Fsp3) is 0.545. The number of carboxylic acids is 1. The van der Waals surface area contributed by atoms with E-state index in [1.54, 1.807) is 11.3 Å². The highest BCUT2D eigenvalue weighted by Gasteiger charge is 2.26. The standard InChI is InChI=1S/C11H15NO2S/c1-7-2-5-9(15-7)10(11(13)14)12-6-8-3-4-8/h2,5,8,10,12H,3-4,6H2,1H3,(H,13,14). The van der Waals surface area contributed by atoms with Gasteiger partial charge >= 0.3 is 5.97 Å². The van der Waals surface area contributed by atoms with Crippen LogP contribution in [-0.4, -0.2) is 17.6 Å². The summed E-state index contributed by atoms with van der Waals surface area (Å²) in [6.07, 6.45) is 2.48. The molecule has 3 nitrogen and oxygen atoms in total. The zero-order valence-corrected chi connectivity index (χ0v) is 9.51. The fourth-order valence-electron chi connectivity index (χ4n) is 1.52. The van der Waals surface area contributed by atoms with Crippen LogP contribution in [0.3, 0.4) is 0 Å². The van der Waals surface area contributed by atoms with E-state index in [1.165, 1.54) is 12.8 Å². The maximum absolute atomic E-state index is 11.1. The highest BCUT2D eigenvalue weighted by Crippen LogP contribution is 2.29. The van der Waals surface area contributed by atoms with Gasteiger partial charge in [-0.05, 0) is 44.4 Å². The molecule has 1 aromatic heterocycles. The first-order chi connectivity index (χ1) is 7.16. The largest absolute Gasteiger partial charge is 0.480 e. The van der Waals surface area contributed by atoms with E-state index in [0.717, 1.165) is 16.3 Å². The normalized spacial score (nSPS) is 17.7. The number of carboxylic acid groups (broad SMARTS) is 1. The lowest BCUT2D eigenvalue weighted by Gasteiger charge is -2.12. The quantitative estimate of drug-likeness (QED) is 0.807. The number of hydrogen-bond donors (Lipinski definition) is 2. The van der Waals surface area contributed by atoms with Gasteiger partial charge in [0.05, 0.1) is 0 Å². The van der Waals surface area contributed by atoms with E-state index in [2.05, 4.69) is 5.32 Å². The third-order valence-corrected chi connectivity index (χ3v) is 3.67. The Hall–Kier alpha value is -0.870. The van der Waals surface area contributed by atoms with Gasteiger partial charge in [-0.1, -0.05) is 0 Å². The van der Waals surface area contributed by atoms with Crippen molar-refractivity contribution in [1.82, 2.24) is 5.32 Å². The lowest BCUT2D eigenvalue weighted by molar-refractivity contribution is -0.139.